The van der Waals surface area contributed by atoms with Gasteiger partial charge in [-0.05, 0) is 35.3 Å². The van der Waals surface area contributed by atoms with Crippen molar-refractivity contribution in [2.24, 2.45) is 0 Å². The van der Waals surface area contributed by atoms with Gasteiger partial charge in [0.2, 0.25) is 0 Å². The van der Waals surface area contributed by atoms with Crippen LogP contribution in [0.1, 0.15) is 23.1 Å². The van der Waals surface area contributed by atoms with Crippen LogP contribution < -0.4 is 0 Å². The van der Waals surface area contributed by atoms with Crippen LogP contribution in [-0.2, 0) is 11.3 Å². The van der Waals surface area contributed by atoms with Gasteiger partial charge in [0.05, 0.1) is 5.56 Å². The third-order valence-electron chi connectivity index (χ3n) is 4.13. The van der Waals surface area contributed by atoms with E-state index in [1.54, 1.807) is 17.0 Å². The quantitative estimate of drug-likeness (QED) is 0.847. The summed E-state index contributed by atoms with van der Waals surface area (Å²) >= 11 is 0. The summed E-state index contributed by atoms with van der Waals surface area (Å²) in [6, 6.07) is 15.9. The molecule has 0 spiro atoms. The molecule has 0 fully saturated rings. The van der Waals surface area contributed by atoms with Crippen LogP contribution in [0, 0.1) is 17.1 Å². The molecular weight excluding hydrogens is 319 g/mol. The number of ether oxygens (including phenoxy) is 1. The summed E-state index contributed by atoms with van der Waals surface area (Å²) < 4.78 is 18.7. The Bertz CT molecular complexity index is 841. The average molecular weight is 336 g/mol. The molecule has 3 rings (SSSR count). The van der Waals surface area contributed by atoms with Gasteiger partial charge in [-0.25, -0.2) is 9.18 Å². The first-order valence-electron chi connectivity index (χ1n) is 8.02. The van der Waals surface area contributed by atoms with E-state index in [-0.39, 0.29) is 18.3 Å². The number of rotatable bonds is 3. The molecule has 4 nitrogen and oxygen atoms in total. The van der Waals surface area contributed by atoms with Gasteiger partial charge in [-0.15, -0.1) is 0 Å². The zero-order valence-electron chi connectivity index (χ0n) is 13.6. The number of hydrogen-bond donors (Lipinski definition) is 0. The van der Waals surface area contributed by atoms with Crippen molar-refractivity contribution in [1.29, 1.82) is 5.26 Å². The third kappa shape index (κ3) is 4.04. The Balaban J connectivity index is 1.60. The second-order valence-corrected chi connectivity index (χ2v) is 5.77. The third-order valence-corrected chi connectivity index (χ3v) is 4.13. The maximum absolute atomic E-state index is 13.4. The van der Waals surface area contributed by atoms with Crippen LogP contribution in [0.15, 0.2) is 54.6 Å². The van der Waals surface area contributed by atoms with Gasteiger partial charge < -0.3 is 9.64 Å². The largest absolute Gasteiger partial charge is 0.445 e. The van der Waals surface area contributed by atoms with Gasteiger partial charge in [0.25, 0.3) is 0 Å². The minimum absolute atomic E-state index is 0.0306. The fraction of sp³-hybridized carbons (Fsp3) is 0.200. The van der Waals surface area contributed by atoms with Crippen LogP contribution in [0.4, 0.5) is 9.18 Å². The van der Waals surface area contributed by atoms with Crippen molar-refractivity contribution in [3.05, 3.63) is 77.1 Å². The van der Waals surface area contributed by atoms with Gasteiger partial charge in [-0.3, -0.25) is 0 Å². The van der Waals surface area contributed by atoms with Gasteiger partial charge >= 0.3 is 6.09 Å². The van der Waals surface area contributed by atoms with Gasteiger partial charge in [0.15, 0.2) is 0 Å². The van der Waals surface area contributed by atoms with Gasteiger partial charge in [0.1, 0.15) is 18.5 Å². The second kappa shape index (κ2) is 7.63. The van der Waals surface area contributed by atoms with E-state index in [0.29, 0.717) is 19.5 Å². The summed E-state index contributed by atoms with van der Waals surface area (Å²) in [6.45, 7) is 1.21. The van der Waals surface area contributed by atoms with Crippen molar-refractivity contribution >= 4 is 11.7 Å². The molecule has 2 aromatic carbocycles. The maximum Gasteiger partial charge on any atom is 0.410 e. The van der Waals surface area contributed by atoms with E-state index in [1.807, 2.05) is 42.5 Å². The normalized spacial score (nSPS) is 13.8. The van der Waals surface area contributed by atoms with Crippen molar-refractivity contribution in [3.8, 4) is 6.07 Å². The molecule has 0 aromatic heterocycles. The molecule has 0 unspecified atom stereocenters. The topological polar surface area (TPSA) is 53.3 Å². The van der Waals surface area contributed by atoms with Gasteiger partial charge in [-0.2, -0.15) is 5.26 Å². The van der Waals surface area contributed by atoms with E-state index in [2.05, 4.69) is 0 Å². The fourth-order valence-corrected chi connectivity index (χ4v) is 2.72. The smallest absolute Gasteiger partial charge is 0.410 e. The van der Waals surface area contributed by atoms with Crippen molar-refractivity contribution in [3.63, 3.8) is 0 Å². The number of amides is 1. The molecule has 0 bridgehead atoms. The van der Waals surface area contributed by atoms with Gasteiger partial charge in [-0.1, -0.05) is 42.5 Å². The lowest BCUT2D eigenvalue weighted by Gasteiger charge is -2.26. The minimum atomic E-state index is -0.520. The van der Waals surface area contributed by atoms with Crippen LogP contribution in [0.3, 0.4) is 0 Å². The summed E-state index contributed by atoms with van der Waals surface area (Å²) in [5.74, 6) is -0.520. The molecule has 0 atom stereocenters. The van der Waals surface area contributed by atoms with Crippen LogP contribution in [-0.4, -0.2) is 24.1 Å². The Kier molecular flexibility index (Phi) is 5.10. The summed E-state index contributed by atoms with van der Waals surface area (Å²) in [4.78, 5) is 13.8. The molecule has 0 saturated carbocycles. The molecule has 5 heteroatoms. The number of hydrogen-bond acceptors (Lipinski definition) is 3. The number of benzene rings is 2. The zero-order valence-corrected chi connectivity index (χ0v) is 13.6. The summed E-state index contributed by atoms with van der Waals surface area (Å²) in [5, 5.41) is 8.93. The monoisotopic (exact) mass is 336 g/mol. The van der Waals surface area contributed by atoms with Crippen LogP contribution in [0.25, 0.3) is 5.57 Å². The lowest BCUT2D eigenvalue weighted by atomic mass is 9.98. The summed E-state index contributed by atoms with van der Waals surface area (Å²) in [6.07, 6.45) is 2.20. The number of carbonyl (C=O) groups excluding carboxylic acids is 1. The highest BCUT2D eigenvalue weighted by molar-refractivity contribution is 5.73. The molecule has 1 amide bonds. The number of halogens is 1. The molecule has 126 valence electrons. The molecule has 25 heavy (non-hydrogen) atoms. The van der Waals surface area contributed by atoms with Crippen molar-refractivity contribution in [1.82, 2.24) is 4.90 Å². The Morgan fingerprint density at radius 2 is 2.04 bits per heavy atom. The minimum Gasteiger partial charge on any atom is -0.445 e. The number of nitrogens with zero attached hydrogens (tertiary/aromatic N) is 2. The summed E-state index contributed by atoms with van der Waals surface area (Å²) in [7, 11) is 0. The highest BCUT2D eigenvalue weighted by Crippen LogP contribution is 2.24. The maximum atomic E-state index is 13.4. The molecular formula is C20H17FN2O2. The molecule has 0 saturated heterocycles. The SMILES string of the molecule is N#Cc1cc(C2=CCN(C(=O)OCc3ccccc3)CC2)ccc1F. The van der Waals surface area contributed by atoms with E-state index >= 15 is 0 Å². The van der Waals surface area contributed by atoms with E-state index in [1.165, 1.54) is 6.07 Å². The van der Waals surface area contributed by atoms with E-state index in [9.17, 15) is 9.18 Å². The Hall–Kier alpha value is -3.13. The summed E-state index contributed by atoms with van der Waals surface area (Å²) in [5.41, 5.74) is 2.79. The standard InChI is InChI=1S/C20H17FN2O2/c21-19-7-6-17(12-18(19)13-22)16-8-10-23(11-9-16)20(24)25-14-15-4-2-1-3-5-15/h1-8,12H,9-11,14H2. The average Bonchev–Trinajstić information content (AvgIpc) is 2.67. The molecule has 1 heterocycles. The van der Waals surface area contributed by atoms with E-state index in [4.69, 9.17) is 10.00 Å². The van der Waals surface area contributed by atoms with Crippen molar-refractivity contribution < 1.29 is 13.9 Å². The predicted octanol–water partition coefficient (Wildman–Crippen LogP) is 4.12. The molecule has 0 aliphatic carbocycles. The highest BCUT2D eigenvalue weighted by atomic mass is 19.1. The van der Waals surface area contributed by atoms with Crippen LogP contribution in [0.5, 0.6) is 0 Å². The predicted molar refractivity (Wildman–Crippen MR) is 91.9 cm³/mol. The highest BCUT2D eigenvalue weighted by Gasteiger charge is 2.19. The first kappa shape index (κ1) is 16.7. The lowest BCUT2D eigenvalue weighted by Crippen LogP contribution is -2.35. The Morgan fingerprint density at radius 3 is 2.72 bits per heavy atom. The zero-order chi connectivity index (χ0) is 17.6. The van der Waals surface area contributed by atoms with Crippen molar-refractivity contribution in [2.45, 2.75) is 13.0 Å². The molecule has 2 aromatic rings. The first-order valence-corrected chi connectivity index (χ1v) is 8.02. The Morgan fingerprint density at radius 1 is 1.24 bits per heavy atom. The van der Waals surface area contributed by atoms with Crippen molar-refractivity contribution in [2.75, 3.05) is 13.1 Å². The molecule has 1 aliphatic heterocycles. The molecule has 1 aliphatic rings. The van der Waals surface area contributed by atoms with Crippen LogP contribution in [0.2, 0.25) is 0 Å². The van der Waals surface area contributed by atoms with Crippen LogP contribution >= 0.6 is 0 Å². The molecule has 0 N–H and O–H groups in total. The first-order chi connectivity index (χ1) is 12.2. The molecule has 0 radical (unpaired) electrons. The fourth-order valence-electron chi connectivity index (χ4n) is 2.72. The lowest BCUT2D eigenvalue weighted by molar-refractivity contribution is 0.0998. The van der Waals surface area contributed by atoms with E-state index < -0.39 is 5.82 Å². The van der Waals surface area contributed by atoms with Gasteiger partial charge in [0, 0.05) is 13.1 Å². The Labute approximate surface area is 145 Å². The number of nitriles is 1. The number of carbonyl (C=O) groups is 1. The van der Waals surface area contributed by atoms with E-state index in [0.717, 1.165) is 16.7 Å². The second-order valence-electron chi connectivity index (χ2n) is 5.77.